The Morgan fingerprint density at radius 1 is 1.26 bits per heavy atom. The number of amides is 1. The molecule has 0 fully saturated rings. The number of thioether (sulfide) groups is 1. The van der Waals surface area contributed by atoms with Gasteiger partial charge in [0.05, 0.1) is 23.8 Å². The van der Waals surface area contributed by atoms with E-state index in [2.05, 4.69) is 5.32 Å². The molecule has 7 heteroatoms. The highest BCUT2D eigenvalue weighted by Gasteiger charge is 2.14. The van der Waals surface area contributed by atoms with Crippen molar-refractivity contribution < 1.29 is 14.5 Å². The Bertz CT molecular complexity index is 793. The molecule has 0 bridgehead atoms. The first-order valence-electron chi connectivity index (χ1n) is 8.69. The summed E-state index contributed by atoms with van der Waals surface area (Å²) in [7, 11) is 1.64. The van der Waals surface area contributed by atoms with Crippen LogP contribution in [0.4, 0.5) is 5.69 Å². The third kappa shape index (κ3) is 5.99. The van der Waals surface area contributed by atoms with Gasteiger partial charge in [-0.05, 0) is 36.1 Å². The number of ether oxygens (including phenoxy) is 1. The third-order valence-electron chi connectivity index (χ3n) is 4.21. The Labute approximate surface area is 163 Å². The molecule has 0 aromatic heterocycles. The largest absolute Gasteiger partial charge is 0.496 e. The lowest BCUT2D eigenvalue weighted by atomic mass is 10.0. The number of nitro groups is 1. The third-order valence-corrected chi connectivity index (χ3v) is 5.22. The molecule has 2 rings (SSSR count). The first-order valence-corrected chi connectivity index (χ1v) is 9.85. The summed E-state index contributed by atoms with van der Waals surface area (Å²) in [6, 6.07) is 12.3. The second-order valence-electron chi connectivity index (χ2n) is 6.17. The first kappa shape index (κ1) is 20.8. The van der Waals surface area contributed by atoms with Crippen molar-refractivity contribution in [3.8, 4) is 5.75 Å². The Kier molecular flexibility index (Phi) is 7.67. The topological polar surface area (TPSA) is 81.5 Å². The highest BCUT2D eigenvalue weighted by atomic mass is 32.2. The van der Waals surface area contributed by atoms with E-state index in [-0.39, 0.29) is 17.6 Å². The van der Waals surface area contributed by atoms with E-state index in [1.54, 1.807) is 19.2 Å². The molecule has 1 amide bonds. The molecule has 0 unspecified atom stereocenters. The number of non-ortho nitro benzene ring substituents is 1. The van der Waals surface area contributed by atoms with Crippen molar-refractivity contribution in [2.75, 3.05) is 12.9 Å². The van der Waals surface area contributed by atoms with Crippen LogP contribution in [0.15, 0.2) is 42.5 Å². The van der Waals surface area contributed by atoms with Gasteiger partial charge in [-0.15, -0.1) is 11.8 Å². The maximum Gasteiger partial charge on any atom is 0.269 e. The summed E-state index contributed by atoms with van der Waals surface area (Å²) in [5.41, 5.74) is 3.12. The van der Waals surface area contributed by atoms with Gasteiger partial charge in [-0.25, -0.2) is 0 Å². The van der Waals surface area contributed by atoms with Gasteiger partial charge in [0.1, 0.15) is 5.75 Å². The lowest BCUT2D eigenvalue weighted by Gasteiger charge is -2.19. The maximum atomic E-state index is 12.3. The predicted molar refractivity (Wildman–Crippen MR) is 108 cm³/mol. The fourth-order valence-electron chi connectivity index (χ4n) is 2.75. The number of nitrogens with one attached hydrogen (secondary N) is 1. The van der Waals surface area contributed by atoms with E-state index in [0.717, 1.165) is 28.9 Å². The molecule has 0 aliphatic carbocycles. The van der Waals surface area contributed by atoms with Crippen molar-refractivity contribution in [3.63, 3.8) is 0 Å². The minimum atomic E-state index is -0.420. The van der Waals surface area contributed by atoms with E-state index in [1.165, 1.54) is 23.9 Å². The maximum absolute atomic E-state index is 12.3. The first-order chi connectivity index (χ1) is 12.9. The van der Waals surface area contributed by atoms with Gasteiger partial charge < -0.3 is 10.1 Å². The van der Waals surface area contributed by atoms with Gasteiger partial charge in [-0.1, -0.05) is 31.2 Å². The quantitative estimate of drug-likeness (QED) is 0.508. The van der Waals surface area contributed by atoms with Gasteiger partial charge in [0, 0.05) is 17.9 Å². The molecule has 0 heterocycles. The molecular weight excluding hydrogens is 364 g/mol. The smallest absolute Gasteiger partial charge is 0.269 e. The predicted octanol–water partition coefficient (Wildman–Crippen LogP) is 4.41. The van der Waals surface area contributed by atoms with Crippen molar-refractivity contribution >= 4 is 23.4 Å². The SMILES string of the molecule is CC[C@H](NC(=O)CSCc1ccc([N+](=O)[O-])cc1)c1ccc(OC)c(C)c1. The van der Waals surface area contributed by atoms with Crippen LogP contribution >= 0.6 is 11.8 Å². The van der Waals surface area contributed by atoms with Crippen molar-refractivity contribution in [1.82, 2.24) is 5.32 Å². The van der Waals surface area contributed by atoms with Gasteiger partial charge >= 0.3 is 0 Å². The van der Waals surface area contributed by atoms with E-state index < -0.39 is 4.92 Å². The molecule has 1 atom stereocenters. The standard InChI is InChI=1S/C20H24N2O4S/c1-4-18(16-7-10-19(26-3)14(2)11-16)21-20(23)13-27-12-15-5-8-17(9-6-15)22(24)25/h5-11,18H,4,12-13H2,1-3H3,(H,21,23)/t18-/m0/s1. The fraction of sp³-hybridized carbons (Fsp3) is 0.350. The van der Waals surface area contributed by atoms with Crippen molar-refractivity contribution in [3.05, 3.63) is 69.3 Å². The number of hydrogen-bond donors (Lipinski definition) is 1. The summed E-state index contributed by atoms with van der Waals surface area (Å²) in [4.78, 5) is 22.5. The van der Waals surface area contributed by atoms with E-state index in [4.69, 9.17) is 4.74 Å². The summed E-state index contributed by atoms with van der Waals surface area (Å²) >= 11 is 1.48. The molecule has 0 aliphatic heterocycles. The zero-order chi connectivity index (χ0) is 19.8. The summed E-state index contributed by atoms with van der Waals surface area (Å²) in [5, 5.41) is 13.7. The Hall–Kier alpha value is -2.54. The monoisotopic (exact) mass is 388 g/mol. The number of benzene rings is 2. The van der Waals surface area contributed by atoms with E-state index in [9.17, 15) is 14.9 Å². The number of rotatable bonds is 9. The molecule has 0 radical (unpaired) electrons. The van der Waals surface area contributed by atoms with Crippen molar-refractivity contribution in [2.24, 2.45) is 0 Å². The Morgan fingerprint density at radius 2 is 1.96 bits per heavy atom. The van der Waals surface area contributed by atoms with E-state index >= 15 is 0 Å². The number of nitrogens with zero attached hydrogens (tertiary/aromatic N) is 1. The second-order valence-corrected chi connectivity index (χ2v) is 7.16. The van der Waals surface area contributed by atoms with Crippen LogP contribution in [0.1, 0.15) is 36.1 Å². The zero-order valence-corrected chi connectivity index (χ0v) is 16.5. The summed E-state index contributed by atoms with van der Waals surface area (Å²) in [6.45, 7) is 4.02. The molecule has 0 aliphatic rings. The summed E-state index contributed by atoms with van der Waals surface area (Å²) in [6.07, 6.45) is 0.796. The summed E-state index contributed by atoms with van der Waals surface area (Å²) < 4.78 is 5.28. The van der Waals surface area contributed by atoms with Crippen LogP contribution in [0.2, 0.25) is 0 Å². The molecule has 27 heavy (non-hydrogen) atoms. The minimum absolute atomic E-state index is 0.0257. The van der Waals surface area contributed by atoms with Gasteiger partial charge in [0.25, 0.3) is 5.69 Å². The molecule has 6 nitrogen and oxygen atoms in total. The van der Waals surface area contributed by atoms with Gasteiger partial charge in [0.15, 0.2) is 0 Å². The zero-order valence-electron chi connectivity index (χ0n) is 15.7. The molecular formula is C20H24N2O4S. The van der Waals surface area contributed by atoms with Crippen LogP contribution in [0.5, 0.6) is 5.75 Å². The molecule has 2 aromatic rings. The molecule has 0 saturated carbocycles. The number of aryl methyl sites for hydroxylation is 1. The number of carbonyl (C=O) groups is 1. The van der Waals surface area contributed by atoms with Crippen LogP contribution < -0.4 is 10.1 Å². The van der Waals surface area contributed by atoms with Crippen LogP contribution in [0, 0.1) is 17.0 Å². The summed E-state index contributed by atoms with van der Waals surface area (Å²) in [5.74, 6) is 1.77. The fourth-order valence-corrected chi connectivity index (χ4v) is 3.55. The van der Waals surface area contributed by atoms with Crippen LogP contribution in [0.3, 0.4) is 0 Å². The molecule has 1 N–H and O–H groups in total. The number of methoxy groups -OCH3 is 1. The van der Waals surface area contributed by atoms with Crippen molar-refractivity contribution in [2.45, 2.75) is 32.1 Å². The highest BCUT2D eigenvalue weighted by Crippen LogP contribution is 2.24. The van der Waals surface area contributed by atoms with Gasteiger partial charge in [-0.2, -0.15) is 0 Å². The van der Waals surface area contributed by atoms with Crippen LogP contribution in [-0.2, 0) is 10.5 Å². The number of hydrogen-bond acceptors (Lipinski definition) is 5. The number of carbonyl (C=O) groups excluding carboxylic acids is 1. The Morgan fingerprint density at radius 3 is 2.52 bits per heavy atom. The van der Waals surface area contributed by atoms with E-state index in [1.807, 2.05) is 32.0 Å². The molecule has 0 spiro atoms. The normalized spacial score (nSPS) is 11.7. The van der Waals surface area contributed by atoms with Gasteiger partial charge in [-0.3, -0.25) is 14.9 Å². The van der Waals surface area contributed by atoms with E-state index in [0.29, 0.717) is 11.5 Å². The molecule has 2 aromatic carbocycles. The molecule has 0 saturated heterocycles. The minimum Gasteiger partial charge on any atom is -0.496 e. The van der Waals surface area contributed by atoms with Crippen molar-refractivity contribution in [1.29, 1.82) is 0 Å². The average molecular weight is 388 g/mol. The van der Waals surface area contributed by atoms with Crippen LogP contribution in [0.25, 0.3) is 0 Å². The second kappa shape index (κ2) is 9.97. The number of nitro benzene ring substituents is 1. The Balaban J connectivity index is 1.86. The highest BCUT2D eigenvalue weighted by molar-refractivity contribution is 7.99. The lowest BCUT2D eigenvalue weighted by Crippen LogP contribution is -2.29. The molecule has 144 valence electrons. The average Bonchev–Trinajstić information content (AvgIpc) is 2.66. The lowest BCUT2D eigenvalue weighted by molar-refractivity contribution is -0.384. The van der Waals surface area contributed by atoms with Crippen LogP contribution in [-0.4, -0.2) is 23.7 Å². The van der Waals surface area contributed by atoms with Gasteiger partial charge in [0.2, 0.25) is 5.91 Å².